The van der Waals surface area contributed by atoms with Crippen molar-refractivity contribution in [3.8, 4) is 11.5 Å². The highest BCUT2D eigenvalue weighted by molar-refractivity contribution is 5.50. The van der Waals surface area contributed by atoms with Crippen molar-refractivity contribution in [1.82, 2.24) is 20.2 Å². The van der Waals surface area contributed by atoms with E-state index in [-0.39, 0.29) is 11.9 Å². The molecule has 0 amide bonds. The first-order valence-corrected chi connectivity index (χ1v) is 6.89. The molecule has 3 aromatic rings. The molecule has 3 rings (SSSR count). The van der Waals surface area contributed by atoms with Crippen molar-refractivity contribution in [3.05, 3.63) is 54.2 Å². The van der Waals surface area contributed by atoms with Gasteiger partial charge in [-0.3, -0.25) is 0 Å². The van der Waals surface area contributed by atoms with Gasteiger partial charge in [0.1, 0.15) is 0 Å². The lowest BCUT2D eigenvalue weighted by Gasteiger charge is -2.13. The second-order valence-corrected chi connectivity index (χ2v) is 4.82. The van der Waals surface area contributed by atoms with Gasteiger partial charge in [-0.2, -0.15) is 8.78 Å². The zero-order valence-corrected chi connectivity index (χ0v) is 12.1. The number of aromatic nitrogens is 4. The van der Waals surface area contributed by atoms with Crippen LogP contribution in [0.15, 0.2) is 47.1 Å². The molecule has 0 aliphatic rings. The van der Waals surface area contributed by atoms with Crippen LogP contribution in [-0.2, 0) is 0 Å². The Morgan fingerprint density at radius 1 is 1.04 bits per heavy atom. The summed E-state index contributed by atoms with van der Waals surface area (Å²) in [6.07, 6.45) is 0.0795. The molecule has 1 unspecified atom stereocenters. The molecule has 23 heavy (non-hydrogen) atoms. The number of halogens is 2. The Kier molecular flexibility index (Phi) is 4.22. The molecular formula is C15H13F2N5O. The van der Waals surface area contributed by atoms with Crippen molar-refractivity contribution in [3.63, 3.8) is 0 Å². The summed E-state index contributed by atoms with van der Waals surface area (Å²) in [4.78, 5) is 8.27. The summed E-state index contributed by atoms with van der Waals surface area (Å²) in [5, 5.41) is 9.96. The van der Waals surface area contributed by atoms with Gasteiger partial charge >= 0.3 is 6.43 Å². The second kappa shape index (κ2) is 6.47. The third-order valence-corrected chi connectivity index (χ3v) is 3.17. The molecule has 0 spiro atoms. The fourth-order valence-corrected chi connectivity index (χ4v) is 1.97. The van der Waals surface area contributed by atoms with Gasteiger partial charge < -0.3 is 9.73 Å². The van der Waals surface area contributed by atoms with Crippen LogP contribution in [0.2, 0.25) is 0 Å². The zero-order chi connectivity index (χ0) is 16.2. The van der Waals surface area contributed by atoms with E-state index in [1.54, 1.807) is 0 Å². The van der Waals surface area contributed by atoms with Gasteiger partial charge in [0, 0.05) is 12.4 Å². The zero-order valence-electron chi connectivity index (χ0n) is 12.1. The normalized spacial score (nSPS) is 12.3. The Bertz CT molecular complexity index is 761. The predicted molar refractivity (Wildman–Crippen MR) is 78.8 cm³/mol. The molecular weight excluding hydrogens is 304 g/mol. The van der Waals surface area contributed by atoms with E-state index in [1.807, 2.05) is 37.3 Å². The van der Waals surface area contributed by atoms with Crippen molar-refractivity contribution in [2.45, 2.75) is 19.4 Å². The van der Waals surface area contributed by atoms with E-state index in [9.17, 15) is 8.78 Å². The maximum absolute atomic E-state index is 12.4. The minimum absolute atomic E-state index is 0.0240. The topological polar surface area (TPSA) is 76.7 Å². The number of hydrogen-bond acceptors (Lipinski definition) is 6. The summed E-state index contributed by atoms with van der Waals surface area (Å²) in [6.45, 7) is 1.99. The summed E-state index contributed by atoms with van der Waals surface area (Å²) in [5.41, 5.74) is 1.47. The van der Waals surface area contributed by atoms with Gasteiger partial charge in [0.15, 0.2) is 0 Å². The monoisotopic (exact) mass is 317 g/mol. The summed E-state index contributed by atoms with van der Waals surface area (Å²) < 4.78 is 29.7. The van der Waals surface area contributed by atoms with Crippen LogP contribution in [0.5, 0.6) is 0 Å². The van der Waals surface area contributed by atoms with E-state index in [1.165, 1.54) is 12.4 Å². The minimum atomic E-state index is -2.80. The van der Waals surface area contributed by atoms with Crippen molar-refractivity contribution < 1.29 is 13.2 Å². The minimum Gasteiger partial charge on any atom is -0.415 e. The molecule has 1 atom stereocenters. The Morgan fingerprint density at radius 3 is 2.35 bits per heavy atom. The number of hydrogen-bond donors (Lipinski definition) is 1. The molecule has 0 fully saturated rings. The molecule has 0 saturated heterocycles. The van der Waals surface area contributed by atoms with Crippen molar-refractivity contribution in [1.29, 1.82) is 0 Å². The lowest BCUT2D eigenvalue weighted by molar-refractivity contribution is 0.116. The highest BCUT2D eigenvalue weighted by atomic mass is 19.3. The Hall–Kier alpha value is -2.90. The number of nitrogens with one attached hydrogen (secondary N) is 1. The first-order chi connectivity index (χ1) is 11.1. The van der Waals surface area contributed by atoms with Crippen LogP contribution < -0.4 is 5.32 Å². The highest BCUT2D eigenvalue weighted by Crippen LogP contribution is 2.23. The number of anilines is 1. The molecule has 1 N–H and O–H groups in total. The standard InChI is InChI=1S/C15H13F2N5O/c1-9(10-5-3-2-4-6-10)20-15-18-7-11(8-19-15)13-21-22-14(23-13)12(16)17/h2-9,12H,1H3,(H,18,19,20). The van der Waals surface area contributed by atoms with E-state index >= 15 is 0 Å². The molecule has 0 radical (unpaired) electrons. The molecule has 0 saturated carbocycles. The van der Waals surface area contributed by atoms with Crippen molar-refractivity contribution in [2.24, 2.45) is 0 Å². The number of rotatable bonds is 5. The lowest BCUT2D eigenvalue weighted by atomic mass is 10.1. The first-order valence-electron chi connectivity index (χ1n) is 6.89. The Morgan fingerprint density at radius 2 is 1.74 bits per heavy atom. The van der Waals surface area contributed by atoms with Crippen LogP contribution in [0.1, 0.15) is 30.8 Å². The largest absolute Gasteiger partial charge is 0.415 e. The molecule has 2 heterocycles. The van der Waals surface area contributed by atoms with Crippen LogP contribution in [-0.4, -0.2) is 20.2 Å². The summed E-state index contributed by atoms with van der Waals surface area (Å²) in [5.74, 6) is -0.346. The van der Waals surface area contributed by atoms with E-state index in [4.69, 9.17) is 4.42 Å². The molecule has 118 valence electrons. The molecule has 0 aliphatic carbocycles. The van der Waals surface area contributed by atoms with Gasteiger partial charge in [-0.1, -0.05) is 30.3 Å². The molecule has 2 aromatic heterocycles. The third kappa shape index (κ3) is 3.47. The molecule has 8 heteroatoms. The Balaban J connectivity index is 1.71. The maximum atomic E-state index is 12.4. The predicted octanol–water partition coefficient (Wildman–Crippen LogP) is 3.64. The SMILES string of the molecule is CC(Nc1ncc(-c2nnc(C(F)F)o2)cn1)c1ccccc1. The van der Waals surface area contributed by atoms with E-state index in [0.717, 1.165) is 5.56 Å². The van der Waals surface area contributed by atoms with E-state index in [0.29, 0.717) is 11.5 Å². The summed E-state index contributed by atoms with van der Waals surface area (Å²) in [7, 11) is 0. The number of benzene rings is 1. The summed E-state index contributed by atoms with van der Waals surface area (Å²) >= 11 is 0. The van der Waals surface area contributed by atoms with Crippen LogP contribution in [0, 0.1) is 0 Å². The van der Waals surface area contributed by atoms with E-state index in [2.05, 4.69) is 25.5 Å². The fraction of sp³-hybridized carbons (Fsp3) is 0.200. The second-order valence-electron chi connectivity index (χ2n) is 4.82. The van der Waals surface area contributed by atoms with Crippen LogP contribution >= 0.6 is 0 Å². The van der Waals surface area contributed by atoms with Gasteiger partial charge in [-0.15, -0.1) is 10.2 Å². The van der Waals surface area contributed by atoms with Gasteiger partial charge in [-0.05, 0) is 12.5 Å². The molecule has 6 nitrogen and oxygen atoms in total. The number of alkyl halides is 2. The number of nitrogens with zero attached hydrogens (tertiary/aromatic N) is 4. The van der Waals surface area contributed by atoms with Gasteiger partial charge in [-0.25, -0.2) is 9.97 Å². The first kappa shape index (κ1) is 15.0. The van der Waals surface area contributed by atoms with Gasteiger partial charge in [0.25, 0.3) is 11.8 Å². The highest BCUT2D eigenvalue weighted by Gasteiger charge is 2.17. The third-order valence-electron chi connectivity index (χ3n) is 3.17. The quantitative estimate of drug-likeness (QED) is 0.774. The Labute approximate surface area is 130 Å². The van der Waals surface area contributed by atoms with E-state index < -0.39 is 12.3 Å². The fourth-order valence-electron chi connectivity index (χ4n) is 1.97. The lowest BCUT2D eigenvalue weighted by Crippen LogP contribution is -2.09. The van der Waals surface area contributed by atoms with Gasteiger partial charge in [0.2, 0.25) is 5.95 Å². The maximum Gasteiger partial charge on any atom is 0.314 e. The van der Waals surface area contributed by atoms with Crippen LogP contribution in [0.3, 0.4) is 0 Å². The van der Waals surface area contributed by atoms with Crippen molar-refractivity contribution in [2.75, 3.05) is 5.32 Å². The average Bonchev–Trinajstić information content (AvgIpc) is 3.07. The molecule has 0 aliphatic heterocycles. The van der Waals surface area contributed by atoms with Crippen LogP contribution in [0.25, 0.3) is 11.5 Å². The van der Waals surface area contributed by atoms with Gasteiger partial charge in [0.05, 0.1) is 11.6 Å². The molecule has 1 aromatic carbocycles. The smallest absolute Gasteiger partial charge is 0.314 e. The van der Waals surface area contributed by atoms with Crippen LogP contribution in [0.4, 0.5) is 14.7 Å². The summed E-state index contributed by atoms with van der Waals surface area (Å²) in [6, 6.07) is 9.86. The molecule has 0 bridgehead atoms. The average molecular weight is 317 g/mol. The van der Waals surface area contributed by atoms with Crippen molar-refractivity contribution >= 4 is 5.95 Å².